The third kappa shape index (κ3) is 1.64. The Balaban J connectivity index is 1.80. The number of aromatic nitrogens is 2. The highest BCUT2D eigenvalue weighted by molar-refractivity contribution is 5.66. The number of carbonyl (C=O) groups is 1. The Morgan fingerprint density at radius 3 is 2.41 bits per heavy atom. The summed E-state index contributed by atoms with van der Waals surface area (Å²) in [4.78, 5) is 12.7. The minimum absolute atomic E-state index is 0.114. The van der Waals surface area contributed by atoms with Crippen LogP contribution in [0.5, 0.6) is 5.75 Å². The van der Waals surface area contributed by atoms with Gasteiger partial charge in [0.2, 0.25) is 0 Å². The van der Waals surface area contributed by atoms with E-state index in [9.17, 15) is 9.90 Å². The first kappa shape index (κ1) is 10.4. The van der Waals surface area contributed by atoms with Crippen LogP contribution in [-0.4, -0.2) is 43.1 Å². The van der Waals surface area contributed by atoms with Crippen molar-refractivity contribution in [3.8, 4) is 5.75 Å². The molecule has 6 heteroatoms. The van der Waals surface area contributed by atoms with Crippen LogP contribution in [0, 0.1) is 0 Å². The number of piperidine rings is 1. The van der Waals surface area contributed by atoms with Crippen LogP contribution >= 0.6 is 0 Å². The largest absolute Gasteiger partial charge is 0.505 e. The molecule has 3 heterocycles. The van der Waals surface area contributed by atoms with E-state index in [1.165, 1.54) is 6.20 Å². The Morgan fingerprint density at radius 2 is 1.94 bits per heavy atom. The normalized spacial score (nSPS) is 31.8. The van der Waals surface area contributed by atoms with E-state index in [0.29, 0.717) is 0 Å². The zero-order chi connectivity index (χ0) is 12.0. The summed E-state index contributed by atoms with van der Waals surface area (Å²) in [5, 5.41) is 22.5. The van der Waals surface area contributed by atoms with E-state index >= 15 is 0 Å². The maximum Gasteiger partial charge on any atom is 0.407 e. The fourth-order valence-corrected chi connectivity index (χ4v) is 3.20. The lowest BCUT2D eigenvalue weighted by molar-refractivity contribution is 0.0845. The predicted molar refractivity (Wildman–Crippen MR) is 58.8 cm³/mol. The smallest absolute Gasteiger partial charge is 0.407 e. The highest BCUT2D eigenvalue weighted by Crippen LogP contribution is 2.40. The molecule has 1 amide bonds. The third-order valence-electron chi connectivity index (χ3n) is 3.89. The van der Waals surface area contributed by atoms with Crippen LogP contribution in [0.25, 0.3) is 0 Å². The zero-order valence-corrected chi connectivity index (χ0v) is 9.36. The first-order valence-corrected chi connectivity index (χ1v) is 5.89. The molecule has 2 N–H and O–H groups in total. The summed E-state index contributed by atoms with van der Waals surface area (Å²) >= 11 is 0. The van der Waals surface area contributed by atoms with Crippen molar-refractivity contribution in [3.05, 3.63) is 12.4 Å². The summed E-state index contributed by atoms with van der Waals surface area (Å²) in [5.41, 5.74) is 0. The van der Waals surface area contributed by atoms with E-state index in [4.69, 9.17) is 5.11 Å². The van der Waals surface area contributed by atoms with Crippen LogP contribution in [0.4, 0.5) is 4.79 Å². The number of fused-ring (bicyclic) bond motifs is 2. The second kappa shape index (κ2) is 3.65. The van der Waals surface area contributed by atoms with Gasteiger partial charge in [-0.05, 0) is 25.7 Å². The van der Waals surface area contributed by atoms with Crippen LogP contribution < -0.4 is 0 Å². The molecule has 92 valence electrons. The summed E-state index contributed by atoms with van der Waals surface area (Å²) in [6.45, 7) is 0. The predicted octanol–water partition coefficient (Wildman–Crippen LogP) is 1.43. The molecule has 0 aliphatic carbocycles. The van der Waals surface area contributed by atoms with Crippen molar-refractivity contribution in [1.29, 1.82) is 0 Å². The van der Waals surface area contributed by atoms with Gasteiger partial charge in [-0.1, -0.05) is 0 Å². The fourth-order valence-electron chi connectivity index (χ4n) is 3.20. The first-order chi connectivity index (χ1) is 8.15. The summed E-state index contributed by atoms with van der Waals surface area (Å²) in [7, 11) is 0. The Kier molecular flexibility index (Phi) is 2.24. The van der Waals surface area contributed by atoms with Gasteiger partial charge in [0.1, 0.15) is 0 Å². The van der Waals surface area contributed by atoms with Gasteiger partial charge < -0.3 is 15.1 Å². The standard InChI is InChI=1S/C11H15N3O3/c15-10-5-12-13(6-10)9-3-7-1-2-8(4-9)14(7)11(16)17/h5-9,15H,1-4H2,(H,16,17)/t7-,8+,9?. The lowest BCUT2D eigenvalue weighted by Gasteiger charge is -2.37. The number of hydrogen-bond donors (Lipinski definition) is 2. The number of aromatic hydroxyl groups is 1. The van der Waals surface area contributed by atoms with Crippen molar-refractivity contribution in [1.82, 2.24) is 14.7 Å². The van der Waals surface area contributed by atoms with E-state index in [1.807, 2.05) is 0 Å². The summed E-state index contributed by atoms with van der Waals surface area (Å²) in [5.74, 6) is 0.165. The highest BCUT2D eigenvalue weighted by Gasteiger charge is 2.44. The van der Waals surface area contributed by atoms with Crippen LogP contribution in [0.1, 0.15) is 31.7 Å². The van der Waals surface area contributed by atoms with E-state index < -0.39 is 6.09 Å². The van der Waals surface area contributed by atoms with E-state index in [1.54, 1.807) is 15.8 Å². The molecule has 0 aromatic carbocycles. The molecule has 1 unspecified atom stereocenters. The van der Waals surface area contributed by atoms with Gasteiger partial charge in [0.15, 0.2) is 5.75 Å². The quantitative estimate of drug-likeness (QED) is 0.774. The van der Waals surface area contributed by atoms with E-state index in [0.717, 1.165) is 25.7 Å². The first-order valence-electron chi connectivity index (χ1n) is 5.89. The second-order valence-corrected chi connectivity index (χ2v) is 4.88. The Hall–Kier alpha value is -1.72. The van der Waals surface area contributed by atoms with Crippen molar-refractivity contribution in [3.63, 3.8) is 0 Å². The van der Waals surface area contributed by atoms with Crippen molar-refractivity contribution >= 4 is 6.09 Å². The second-order valence-electron chi connectivity index (χ2n) is 4.88. The van der Waals surface area contributed by atoms with Crippen LogP contribution in [0.15, 0.2) is 12.4 Å². The monoisotopic (exact) mass is 237 g/mol. The molecule has 0 saturated carbocycles. The molecular formula is C11H15N3O3. The molecule has 2 aliphatic rings. The van der Waals surface area contributed by atoms with Gasteiger partial charge in [0.25, 0.3) is 0 Å². The Morgan fingerprint density at radius 1 is 1.29 bits per heavy atom. The zero-order valence-electron chi connectivity index (χ0n) is 9.36. The minimum Gasteiger partial charge on any atom is -0.505 e. The van der Waals surface area contributed by atoms with Crippen molar-refractivity contribution in [2.24, 2.45) is 0 Å². The van der Waals surface area contributed by atoms with E-state index in [-0.39, 0.29) is 23.9 Å². The fraction of sp³-hybridized carbons (Fsp3) is 0.636. The summed E-state index contributed by atoms with van der Waals surface area (Å²) < 4.78 is 1.76. The molecule has 3 rings (SSSR count). The molecule has 17 heavy (non-hydrogen) atoms. The molecule has 0 spiro atoms. The average molecular weight is 237 g/mol. The molecule has 1 aromatic rings. The molecule has 0 radical (unpaired) electrons. The van der Waals surface area contributed by atoms with E-state index in [2.05, 4.69) is 5.10 Å². The lowest BCUT2D eigenvalue weighted by atomic mass is 9.98. The number of carboxylic acid groups (broad SMARTS) is 1. The highest BCUT2D eigenvalue weighted by atomic mass is 16.4. The topological polar surface area (TPSA) is 78.6 Å². The van der Waals surface area contributed by atoms with Crippen molar-refractivity contribution in [2.75, 3.05) is 0 Å². The number of hydrogen-bond acceptors (Lipinski definition) is 3. The van der Waals surface area contributed by atoms with Crippen molar-refractivity contribution < 1.29 is 15.0 Å². The van der Waals surface area contributed by atoms with Gasteiger partial charge in [-0.3, -0.25) is 4.68 Å². The SMILES string of the molecule is O=C(O)N1[C@@H]2CC[C@H]1CC(n1cc(O)cn1)C2. The molecule has 2 aliphatic heterocycles. The van der Waals surface area contributed by atoms with Crippen molar-refractivity contribution in [2.45, 2.75) is 43.8 Å². The molecule has 2 bridgehead atoms. The lowest BCUT2D eigenvalue weighted by Crippen LogP contribution is -2.46. The van der Waals surface area contributed by atoms with Crippen LogP contribution in [-0.2, 0) is 0 Å². The maximum absolute atomic E-state index is 11.1. The molecule has 2 fully saturated rings. The number of nitrogens with zero attached hydrogens (tertiary/aromatic N) is 3. The van der Waals surface area contributed by atoms with Gasteiger partial charge in [-0.2, -0.15) is 5.10 Å². The van der Waals surface area contributed by atoms with Gasteiger partial charge in [-0.25, -0.2) is 4.79 Å². The molecule has 3 atom stereocenters. The molecular weight excluding hydrogens is 222 g/mol. The Labute approximate surface area is 98.5 Å². The van der Waals surface area contributed by atoms with Gasteiger partial charge in [0.05, 0.1) is 18.4 Å². The Bertz CT molecular complexity index is 431. The number of rotatable bonds is 1. The summed E-state index contributed by atoms with van der Waals surface area (Å²) in [6, 6.07) is 0.439. The molecule has 6 nitrogen and oxygen atoms in total. The minimum atomic E-state index is -0.806. The third-order valence-corrected chi connectivity index (χ3v) is 3.89. The van der Waals surface area contributed by atoms with Crippen LogP contribution in [0.2, 0.25) is 0 Å². The number of amides is 1. The molecule has 1 aromatic heterocycles. The van der Waals surface area contributed by atoms with Crippen LogP contribution in [0.3, 0.4) is 0 Å². The maximum atomic E-state index is 11.1. The van der Waals surface area contributed by atoms with Gasteiger partial charge in [-0.15, -0.1) is 0 Å². The molecule has 2 saturated heterocycles. The van der Waals surface area contributed by atoms with Gasteiger partial charge >= 0.3 is 6.09 Å². The average Bonchev–Trinajstić information content (AvgIpc) is 2.81. The van der Waals surface area contributed by atoms with Gasteiger partial charge in [0, 0.05) is 12.1 Å². The summed E-state index contributed by atoms with van der Waals surface area (Å²) in [6.07, 6.45) is 5.71.